The summed E-state index contributed by atoms with van der Waals surface area (Å²) in [7, 11) is 1.51. The van der Waals surface area contributed by atoms with Crippen LogP contribution in [0.1, 0.15) is 17.3 Å². The van der Waals surface area contributed by atoms with Gasteiger partial charge in [-0.15, -0.1) is 5.10 Å². The van der Waals surface area contributed by atoms with E-state index in [1.807, 2.05) is 0 Å². The van der Waals surface area contributed by atoms with Crippen molar-refractivity contribution in [3.8, 4) is 5.75 Å². The predicted octanol–water partition coefficient (Wildman–Crippen LogP) is 2.61. The van der Waals surface area contributed by atoms with Crippen LogP contribution in [0, 0.1) is 0 Å². The van der Waals surface area contributed by atoms with E-state index in [2.05, 4.69) is 15.5 Å². The summed E-state index contributed by atoms with van der Waals surface area (Å²) in [5.74, 6) is 0.371. The normalized spacial score (nSPS) is 12.9. The van der Waals surface area contributed by atoms with Crippen LogP contribution in [-0.2, 0) is 6.54 Å². The Morgan fingerprint density at radius 2 is 2.00 bits per heavy atom. The van der Waals surface area contributed by atoms with E-state index in [-0.39, 0.29) is 10.9 Å². The maximum atomic E-state index is 12.4. The van der Waals surface area contributed by atoms with E-state index in [1.165, 1.54) is 7.11 Å². The lowest BCUT2D eigenvalue weighted by Crippen LogP contribution is -2.21. The number of tetrazole rings is 1. The molecule has 0 radical (unpaired) electrons. The van der Waals surface area contributed by atoms with Crippen molar-refractivity contribution in [2.45, 2.75) is 30.1 Å². The number of hydrogen-bond acceptors (Lipinski definition) is 6. The van der Waals surface area contributed by atoms with Crippen molar-refractivity contribution in [1.82, 2.24) is 20.2 Å². The monoisotopic (exact) mass is 346 g/mol. The predicted molar refractivity (Wildman–Crippen MR) is 76.5 cm³/mol. The molecule has 0 aliphatic rings. The molecule has 2 aromatic rings. The van der Waals surface area contributed by atoms with Crippen molar-refractivity contribution in [2.75, 3.05) is 7.11 Å². The molecule has 0 fully saturated rings. The Hall–Kier alpha value is -2.10. The number of ether oxygens (including phenoxy) is 1. The van der Waals surface area contributed by atoms with Crippen LogP contribution < -0.4 is 4.74 Å². The van der Waals surface area contributed by atoms with Gasteiger partial charge in [-0.1, -0.05) is 11.8 Å². The summed E-state index contributed by atoms with van der Waals surface area (Å²) in [6.07, 6.45) is -4.44. The van der Waals surface area contributed by atoms with Crippen LogP contribution in [0.3, 0.4) is 0 Å². The summed E-state index contributed by atoms with van der Waals surface area (Å²) in [5.41, 5.74) is 0.431. The lowest BCUT2D eigenvalue weighted by molar-refractivity contribution is -0.144. The fourth-order valence-corrected chi connectivity index (χ4v) is 2.62. The maximum Gasteiger partial charge on any atom is 0.408 e. The Labute approximate surface area is 134 Å². The minimum Gasteiger partial charge on any atom is -0.497 e. The number of rotatable bonds is 6. The van der Waals surface area contributed by atoms with Gasteiger partial charge in [0, 0.05) is 5.56 Å². The van der Waals surface area contributed by atoms with Crippen molar-refractivity contribution < 1.29 is 22.7 Å². The summed E-state index contributed by atoms with van der Waals surface area (Å²) in [5, 5.41) is 9.36. The van der Waals surface area contributed by atoms with E-state index in [1.54, 1.807) is 31.2 Å². The third kappa shape index (κ3) is 4.68. The minimum atomic E-state index is -4.44. The molecule has 1 heterocycles. The second kappa shape index (κ2) is 6.99. The molecule has 10 heteroatoms. The van der Waals surface area contributed by atoms with Crippen LogP contribution in [0.5, 0.6) is 5.75 Å². The van der Waals surface area contributed by atoms with Crippen molar-refractivity contribution in [3.05, 3.63) is 29.8 Å². The second-order valence-corrected chi connectivity index (χ2v) is 5.90. The van der Waals surface area contributed by atoms with Crippen molar-refractivity contribution >= 4 is 17.5 Å². The average Bonchev–Trinajstić information content (AvgIpc) is 2.91. The summed E-state index contributed by atoms with van der Waals surface area (Å²) < 4.78 is 42.9. The van der Waals surface area contributed by atoms with Gasteiger partial charge in [-0.25, -0.2) is 4.68 Å². The Kier molecular flexibility index (Phi) is 5.24. The van der Waals surface area contributed by atoms with E-state index in [0.717, 1.165) is 11.8 Å². The van der Waals surface area contributed by atoms with Gasteiger partial charge in [-0.3, -0.25) is 4.79 Å². The number of methoxy groups -OCH3 is 1. The molecule has 0 aliphatic carbocycles. The maximum absolute atomic E-state index is 12.4. The number of halogens is 3. The molecule has 0 saturated heterocycles. The van der Waals surface area contributed by atoms with Crippen LogP contribution in [-0.4, -0.2) is 44.5 Å². The van der Waals surface area contributed by atoms with E-state index in [0.29, 0.717) is 16.0 Å². The summed E-state index contributed by atoms with van der Waals surface area (Å²) in [4.78, 5) is 12.3. The summed E-state index contributed by atoms with van der Waals surface area (Å²) >= 11 is 0.877. The van der Waals surface area contributed by atoms with Gasteiger partial charge < -0.3 is 4.74 Å². The average molecular weight is 346 g/mol. The summed E-state index contributed by atoms with van der Waals surface area (Å²) in [6.45, 7) is 0.287. The van der Waals surface area contributed by atoms with Gasteiger partial charge in [0.1, 0.15) is 12.3 Å². The number of alkyl halides is 3. The highest BCUT2D eigenvalue weighted by molar-refractivity contribution is 8.00. The molecule has 1 aromatic carbocycles. The van der Waals surface area contributed by atoms with E-state index in [9.17, 15) is 18.0 Å². The standard InChI is InChI=1S/C13H13F3N4O2S/c1-8(11(21)9-3-5-10(22-2)6-4-9)23-12-17-18-19-20(12)7-13(14,15)16/h3-6,8H,7H2,1-2H3. The topological polar surface area (TPSA) is 69.9 Å². The van der Waals surface area contributed by atoms with Crippen LogP contribution in [0.25, 0.3) is 0 Å². The highest BCUT2D eigenvalue weighted by Gasteiger charge is 2.31. The Bertz CT molecular complexity index is 673. The molecule has 0 spiro atoms. The molecule has 1 unspecified atom stereocenters. The largest absolute Gasteiger partial charge is 0.497 e. The molecule has 0 N–H and O–H groups in total. The number of carbonyl (C=O) groups is 1. The molecule has 1 atom stereocenters. The lowest BCUT2D eigenvalue weighted by atomic mass is 10.1. The molecule has 0 bridgehead atoms. The number of thioether (sulfide) groups is 1. The first-order chi connectivity index (χ1) is 10.8. The molecule has 0 amide bonds. The number of nitrogens with zero attached hydrogens (tertiary/aromatic N) is 4. The number of ketones is 1. The van der Waals surface area contributed by atoms with E-state index >= 15 is 0 Å². The summed E-state index contributed by atoms with van der Waals surface area (Å²) in [6, 6.07) is 6.46. The molecule has 124 valence electrons. The Morgan fingerprint density at radius 3 is 2.57 bits per heavy atom. The highest BCUT2D eigenvalue weighted by atomic mass is 32.2. The van der Waals surface area contributed by atoms with Gasteiger partial charge in [-0.05, 0) is 41.6 Å². The van der Waals surface area contributed by atoms with E-state index in [4.69, 9.17) is 4.74 Å². The number of aromatic nitrogens is 4. The quantitative estimate of drug-likeness (QED) is 0.591. The zero-order chi connectivity index (χ0) is 17.0. The van der Waals surface area contributed by atoms with E-state index < -0.39 is 18.0 Å². The minimum absolute atomic E-state index is 0.0586. The fraction of sp³-hybridized carbons (Fsp3) is 0.385. The van der Waals surface area contributed by atoms with Crippen molar-refractivity contribution in [2.24, 2.45) is 0 Å². The Balaban J connectivity index is 2.08. The zero-order valence-corrected chi connectivity index (χ0v) is 13.1. The molecule has 6 nitrogen and oxygen atoms in total. The highest BCUT2D eigenvalue weighted by Crippen LogP contribution is 2.26. The van der Waals surface area contributed by atoms with Crippen molar-refractivity contribution in [1.29, 1.82) is 0 Å². The smallest absolute Gasteiger partial charge is 0.408 e. The van der Waals surface area contributed by atoms with Gasteiger partial charge in [-0.2, -0.15) is 13.2 Å². The zero-order valence-electron chi connectivity index (χ0n) is 12.2. The first-order valence-electron chi connectivity index (χ1n) is 6.48. The molecule has 0 aliphatic heterocycles. The SMILES string of the molecule is COc1ccc(C(=O)C(C)Sc2nnnn2CC(F)(F)F)cc1. The second-order valence-electron chi connectivity index (χ2n) is 4.59. The van der Waals surface area contributed by atoms with Gasteiger partial charge in [0.25, 0.3) is 0 Å². The third-order valence-electron chi connectivity index (χ3n) is 2.85. The van der Waals surface area contributed by atoms with Crippen LogP contribution >= 0.6 is 11.8 Å². The Morgan fingerprint density at radius 1 is 1.35 bits per heavy atom. The molecule has 1 aromatic heterocycles. The fourth-order valence-electron chi connectivity index (χ4n) is 1.75. The van der Waals surface area contributed by atoms with Crippen LogP contribution in [0.2, 0.25) is 0 Å². The first-order valence-corrected chi connectivity index (χ1v) is 7.36. The molecular formula is C13H13F3N4O2S. The first kappa shape index (κ1) is 17.3. The van der Waals surface area contributed by atoms with Crippen molar-refractivity contribution in [3.63, 3.8) is 0 Å². The van der Waals surface area contributed by atoms with Crippen LogP contribution in [0.15, 0.2) is 29.4 Å². The van der Waals surface area contributed by atoms with Gasteiger partial charge in [0.15, 0.2) is 5.78 Å². The van der Waals surface area contributed by atoms with Gasteiger partial charge >= 0.3 is 6.18 Å². The third-order valence-corrected chi connectivity index (χ3v) is 3.92. The van der Waals surface area contributed by atoms with Gasteiger partial charge in [0.2, 0.25) is 5.16 Å². The molecule has 23 heavy (non-hydrogen) atoms. The van der Waals surface area contributed by atoms with Gasteiger partial charge in [0.05, 0.1) is 12.4 Å². The number of Topliss-reactive ketones (excluding diaryl/α,β-unsaturated/α-hetero) is 1. The molecular weight excluding hydrogens is 333 g/mol. The lowest BCUT2D eigenvalue weighted by Gasteiger charge is -2.11. The number of benzene rings is 1. The number of hydrogen-bond donors (Lipinski definition) is 0. The molecule has 2 rings (SSSR count). The van der Waals surface area contributed by atoms with Crippen LogP contribution in [0.4, 0.5) is 13.2 Å². The number of carbonyl (C=O) groups excluding carboxylic acids is 1. The molecule has 0 saturated carbocycles.